The number of pyridine rings is 1. The lowest BCUT2D eigenvalue weighted by atomic mass is 9.95. The zero-order valence-electron chi connectivity index (χ0n) is 24.7. The van der Waals surface area contributed by atoms with Gasteiger partial charge in [-0.05, 0) is 81.1 Å². The maximum absolute atomic E-state index is 17.0. The van der Waals surface area contributed by atoms with Crippen molar-refractivity contribution in [3.8, 4) is 47.7 Å². The molecule has 45 heavy (non-hydrogen) atoms. The highest BCUT2D eigenvalue weighted by Gasteiger charge is 2.45. The summed E-state index contributed by atoms with van der Waals surface area (Å²) in [5.74, 6) is 3.92. The maximum Gasteiger partial charge on any atom is 0.319 e. The predicted octanol–water partition coefficient (Wildman–Crippen LogP) is 4.74. The Morgan fingerprint density at radius 1 is 1.00 bits per heavy atom. The molecule has 0 aliphatic carbocycles. The number of hydrogen-bond donors (Lipinski definition) is 2. The number of nitrogens with one attached hydrogen (secondary N) is 1. The standard InChI is InChI=1S/C35H32F2N6O2/c1-3-24-26(36)10-7-20-15-23(44)16-25(28(20)24)31-30(37)32-29(27(4-2)39-31)33(42-17-21-8-9-22(18-42)38-21)41-34(40-32)45-19-35-11-5-13-43(35)14-6-12-35/h1-2,7,10,15-16,21-22,38,44H,5-6,8-9,11-14,17-19H2. The first-order chi connectivity index (χ1) is 21.9. The Morgan fingerprint density at radius 3 is 2.47 bits per heavy atom. The second kappa shape index (κ2) is 10.5. The van der Waals surface area contributed by atoms with E-state index in [0.717, 1.165) is 51.6 Å². The average molecular weight is 607 g/mol. The van der Waals surface area contributed by atoms with Crippen LogP contribution >= 0.6 is 0 Å². The normalized spacial score (nSPS) is 22.1. The monoisotopic (exact) mass is 606 g/mol. The van der Waals surface area contributed by atoms with Crippen LogP contribution in [0.1, 0.15) is 49.8 Å². The Bertz CT molecular complexity index is 1940. The molecule has 4 fully saturated rings. The topological polar surface area (TPSA) is 86.6 Å². The van der Waals surface area contributed by atoms with Crippen molar-refractivity contribution < 1.29 is 18.6 Å². The molecule has 6 heterocycles. The number of fused-ring (bicyclic) bond motifs is 5. The number of piperazine rings is 1. The van der Waals surface area contributed by atoms with Crippen LogP contribution in [0, 0.1) is 36.3 Å². The van der Waals surface area contributed by atoms with Gasteiger partial charge in [0.2, 0.25) is 0 Å². The number of aromatic nitrogens is 3. The lowest BCUT2D eigenvalue weighted by Crippen LogP contribution is -2.51. The molecule has 0 amide bonds. The molecule has 4 aliphatic heterocycles. The van der Waals surface area contributed by atoms with Gasteiger partial charge in [-0.15, -0.1) is 12.8 Å². The van der Waals surface area contributed by atoms with Crippen molar-refractivity contribution in [2.75, 3.05) is 37.7 Å². The number of phenols is 1. The molecule has 4 aromatic rings. The zero-order valence-corrected chi connectivity index (χ0v) is 24.7. The van der Waals surface area contributed by atoms with Crippen molar-refractivity contribution in [3.63, 3.8) is 0 Å². The van der Waals surface area contributed by atoms with E-state index in [4.69, 9.17) is 22.6 Å². The van der Waals surface area contributed by atoms with Crippen LogP contribution in [-0.2, 0) is 0 Å². The number of aromatic hydroxyl groups is 1. The predicted molar refractivity (Wildman–Crippen MR) is 168 cm³/mol. The molecule has 2 aromatic heterocycles. The highest BCUT2D eigenvalue weighted by Crippen LogP contribution is 2.42. The molecule has 2 N–H and O–H groups in total. The first-order valence-electron chi connectivity index (χ1n) is 15.6. The molecular formula is C35H32F2N6O2. The Hall–Kier alpha value is -4.51. The number of hydrogen-bond acceptors (Lipinski definition) is 8. The lowest BCUT2D eigenvalue weighted by molar-refractivity contribution is 0.108. The van der Waals surface area contributed by atoms with E-state index in [9.17, 15) is 9.50 Å². The molecule has 2 aromatic carbocycles. The largest absolute Gasteiger partial charge is 0.508 e. The van der Waals surface area contributed by atoms with Gasteiger partial charge in [0, 0.05) is 36.1 Å². The average Bonchev–Trinajstić information content (AvgIpc) is 3.73. The van der Waals surface area contributed by atoms with E-state index < -0.39 is 11.6 Å². The van der Waals surface area contributed by atoms with Gasteiger partial charge < -0.3 is 20.1 Å². The first kappa shape index (κ1) is 28.0. The third kappa shape index (κ3) is 4.47. The quantitative estimate of drug-likeness (QED) is 0.315. The number of rotatable bonds is 5. The summed E-state index contributed by atoms with van der Waals surface area (Å²) in [7, 11) is 0. The zero-order chi connectivity index (χ0) is 30.9. The van der Waals surface area contributed by atoms with Gasteiger partial charge in [-0.3, -0.25) is 4.90 Å². The number of benzene rings is 2. The van der Waals surface area contributed by atoms with Crippen LogP contribution in [0.15, 0.2) is 24.3 Å². The fraction of sp³-hybridized carbons (Fsp3) is 0.400. The lowest BCUT2D eigenvalue weighted by Gasteiger charge is -2.35. The number of halogens is 2. The van der Waals surface area contributed by atoms with Crippen molar-refractivity contribution in [3.05, 3.63) is 47.2 Å². The summed E-state index contributed by atoms with van der Waals surface area (Å²) in [6.45, 7) is 3.85. The first-order valence-corrected chi connectivity index (χ1v) is 15.6. The Morgan fingerprint density at radius 2 is 1.76 bits per heavy atom. The van der Waals surface area contributed by atoms with Gasteiger partial charge in [0.15, 0.2) is 5.82 Å². The summed E-state index contributed by atoms with van der Waals surface area (Å²) in [4.78, 5) is 18.7. The molecule has 0 spiro atoms. The van der Waals surface area contributed by atoms with E-state index >= 15 is 4.39 Å². The molecule has 10 heteroatoms. The van der Waals surface area contributed by atoms with Crippen LogP contribution < -0.4 is 15.0 Å². The number of terminal acetylenes is 2. The molecule has 0 saturated carbocycles. The van der Waals surface area contributed by atoms with Gasteiger partial charge >= 0.3 is 6.01 Å². The van der Waals surface area contributed by atoms with E-state index in [0.29, 0.717) is 36.3 Å². The number of phenolic OH excluding ortho intramolecular Hbond substituents is 1. The number of ether oxygens (including phenoxy) is 1. The Kier molecular flexibility index (Phi) is 6.56. The van der Waals surface area contributed by atoms with E-state index in [1.807, 2.05) is 0 Å². The van der Waals surface area contributed by atoms with Crippen LogP contribution in [0.25, 0.3) is 32.9 Å². The molecular weight excluding hydrogens is 574 g/mol. The van der Waals surface area contributed by atoms with Gasteiger partial charge in [-0.2, -0.15) is 9.97 Å². The molecule has 8 nitrogen and oxygen atoms in total. The minimum absolute atomic E-state index is 0.0406. The van der Waals surface area contributed by atoms with E-state index in [2.05, 4.69) is 36.9 Å². The molecule has 0 radical (unpaired) electrons. The maximum atomic E-state index is 17.0. The van der Waals surface area contributed by atoms with Crippen LogP contribution in [0.2, 0.25) is 0 Å². The summed E-state index contributed by atoms with van der Waals surface area (Å²) in [5.41, 5.74) is -0.101. The molecule has 8 rings (SSSR count). The van der Waals surface area contributed by atoms with Crippen LogP contribution in [0.3, 0.4) is 0 Å². The van der Waals surface area contributed by atoms with Crippen LogP contribution in [0.5, 0.6) is 11.8 Å². The van der Waals surface area contributed by atoms with Crippen molar-refractivity contribution in [1.82, 2.24) is 25.2 Å². The van der Waals surface area contributed by atoms with Crippen molar-refractivity contribution in [1.29, 1.82) is 0 Å². The van der Waals surface area contributed by atoms with Gasteiger partial charge in [0.1, 0.15) is 40.9 Å². The van der Waals surface area contributed by atoms with Gasteiger partial charge in [-0.1, -0.05) is 12.0 Å². The van der Waals surface area contributed by atoms with Crippen molar-refractivity contribution in [2.45, 2.75) is 56.1 Å². The third-order valence-corrected chi connectivity index (χ3v) is 10.1. The third-order valence-electron chi connectivity index (χ3n) is 10.1. The second-order valence-corrected chi connectivity index (χ2v) is 12.7. The van der Waals surface area contributed by atoms with E-state index in [1.165, 1.54) is 24.3 Å². The van der Waals surface area contributed by atoms with Crippen molar-refractivity contribution in [2.24, 2.45) is 0 Å². The van der Waals surface area contributed by atoms with E-state index in [1.54, 1.807) is 0 Å². The minimum atomic E-state index is -0.781. The molecule has 2 atom stereocenters. The molecule has 4 aliphatic rings. The fourth-order valence-electron chi connectivity index (χ4n) is 8.09. The molecule has 2 unspecified atom stereocenters. The fourth-order valence-corrected chi connectivity index (χ4v) is 8.09. The SMILES string of the molecule is C#Cc1c(F)ccc2cc(O)cc(-c3nc(C#C)c4c(N5CC6CCC(C5)N6)nc(OCC56CCCN5CCC6)nc4c3F)c12. The van der Waals surface area contributed by atoms with Crippen molar-refractivity contribution >= 4 is 27.5 Å². The van der Waals surface area contributed by atoms with Crippen LogP contribution in [-0.4, -0.2) is 75.4 Å². The smallest absolute Gasteiger partial charge is 0.319 e. The molecule has 228 valence electrons. The van der Waals surface area contributed by atoms with Gasteiger partial charge in [0.05, 0.1) is 16.5 Å². The van der Waals surface area contributed by atoms with E-state index in [-0.39, 0.29) is 62.8 Å². The van der Waals surface area contributed by atoms with Gasteiger partial charge in [0.25, 0.3) is 0 Å². The number of nitrogens with zero attached hydrogens (tertiary/aromatic N) is 5. The second-order valence-electron chi connectivity index (χ2n) is 12.7. The minimum Gasteiger partial charge on any atom is -0.508 e. The Balaban J connectivity index is 1.34. The van der Waals surface area contributed by atoms with Gasteiger partial charge in [-0.25, -0.2) is 13.8 Å². The molecule has 2 bridgehead atoms. The summed E-state index contributed by atoms with van der Waals surface area (Å²) < 4.78 is 38.2. The highest BCUT2D eigenvalue weighted by atomic mass is 19.1. The summed E-state index contributed by atoms with van der Waals surface area (Å²) in [6.07, 6.45) is 18.1. The van der Waals surface area contributed by atoms with Crippen LogP contribution in [0.4, 0.5) is 14.6 Å². The summed E-state index contributed by atoms with van der Waals surface area (Å²) in [6, 6.07) is 6.11. The molecule has 4 saturated heterocycles. The summed E-state index contributed by atoms with van der Waals surface area (Å²) >= 11 is 0. The Labute approximate surface area is 259 Å². The highest BCUT2D eigenvalue weighted by molar-refractivity contribution is 6.04. The number of anilines is 1. The summed E-state index contributed by atoms with van der Waals surface area (Å²) in [5, 5.41) is 15.2.